The number of hydrogen-bond donors (Lipinski definition) is 1. The zero-order valence-electron chi connectivity index (χ0n) is 18.0. The molecule has 0 heterocycles. The first-order valence-electron chi connectivity index (χ1n) is 9.86. The highest BCUT2D eigenvalue weighted by molar-refractivity contribution is 7.92. The van der Waals surface area contributed by atoms with Gasteiger partial charge in [0.1, 0.15) is 6.54 Å². The van der Waals surface area contributed by atoms with Crippen molar-refractivity contribution in [3.05, 3.63) is 88.9 Å². The molecule has 0 aliphatic heterocycles. The lowest BCUT2D eigenvalue weighted by Gasteiger charge is -2.25. The number of amides is 1. The highest BCUT2D eigenvalue weighted by Gasteiger charge is 2.35. The van der Waals surface area contributed by atoms with Crippen LogP contribution in [0.3, 0.4) is 0 Å². The standard InChI is InChI=1S/C23H18ClF3N2O5S/c1-34-22(31)15-6-5-7-16(12-15)28-21(30)14-29(35(32,33)18-8-3-2-4-9-18)17-10-11-20(24)19(13-17)23(25,26)27/h2-13H,14H2,1H3,(H,28,30). The van der Waals surface area contributed by atoms with Gasteiger partial charge in [-0.15, -0.1) is 0 Å². The number of esters is 1. The zero-order chi connectivity index (χ0) is 25.8. The van der Waals surface area contributed by atoms with Crippen LogP contribution in [-0.4, -0.2) is 33.9 Å². The van der Waals surface area contributed by atoms with E-state index in [-0.39, 0.29) is 16.1 Å². The Labute approximate surface area is 204 Å². The van der Waals surface area contributed by atoms with Crippen LogP contribution < -0.4 is 9.62 Å². The van der Waals surface area contributed by atoms with Crippen molar-refractivity contribution >= 4 is 44.9 Å². The Morgan fingerprint density at radius 3 is 2.31 bits per heavy atom. The Morgan fingerprint density at radius 2 is 1.69 bits per heavy atom. The van der Waals surface area contributed by atoms with Gasteiger partial charge in [-0.1, -0.05) is 35.9 Å². The van der Waals surface area contributed by atoms with Crippen LogP contribution in [0.25, 0.3) is 0 Å². The van der Waals surface area contributed by atoms with Crippen LogP contribution in [0.2, 0.25) is 5.02 Å². The van der Waals surface area contributed by atoms with Gasteiger partial charge in [-0.05, 0) is 48.5 Å². The summed E-state index contributed by atoms with van der Waals surface area (Å²) in [5.41, 5.74) is -1.38. The Bertz CT molecular complexity index is 1350. The highest BCUT2D eigenvalue weighted by Crippen LogP contribution is 2.38. The van der Waals surface area contributed by atoms with Crippen LogP contribution in [0.15, 0.2) is 77.7 Å². The first-order valence-corrected chi connectivity index (χ1v) is 11.7. The molecule has 0 bridgehead atoms. The lowest BCUT2D eigenvalue weighted by Crippen LogP contribution is -2.38. The maximum Gasteiger partial charge on any atom is 0.417 e. The normalized spacial score (nSPS) is 11.6. The fourth-order valence-electron chi connectivity index (χ4n) is 3.09. The van der Waals surface area contributed by atoms with Crippen molar-refractivity contribution < 1.29 is 35.9 Å². The highest BCUT2D eigenvalue weighted by atomic mass is 35.5. The van der Waals surface area contributed by atoms with E-state index in [9.17, 15) is 31.2 Å². The molecule has 35 heavy (non-hydrogen) atoms. The predicted molar refractivity (Wildman–Crippen MR) is 124 cm³/mol. The summed E-state index contributed by atoms with van der Waals surface area (Å²) in [7, 11) is -3.27. The van der Waals surface area contributed by atoms with E-state index in [0.717, 1.165) is 12.1 Å². The summed E-state index contributed by atoms with van der Waals surface area (Å²) in [5, 5.41) is 1.82. The van der Waals surface area contributed by atoms with Crippen LogP contribution in [-0.2, 0) is 25.7 Å². The van der Waals surface area contributed by atoms with Gasteiger partial charge in [0, 0.05) is 5.69 Å². The van der Waals surface area contributed by atoms with Crippen LogP contribution >= 0.6 is 11.6 Å². The summed E-state index contributed by atoms with van der Waals surface area (Å²) in [6.07, 6.45) is -4.86. The second-order valence-corrected chi connectivity index (χ2v) is 9.38. The van der Waals surface area contributed by atoms with Crippen molar-refractivity contribution in [1.82, 2.24) is 0 Å². The molecule has 1 amide bonds. The molecule has 0 aliphatic rings. The summed E-state index contributed by atoms with van der Waals surface area (Å²) in [4.78, 5) is 24.3. The molecule has 3 aromatic rings. The molecule has 3 aromatic carbocycles. The summed E-state index contributed by atoms with van der Waals surface area (Å²) < 4.78 is 72.1. The predicted octanol–water partition coefficient (Wildman–Crippen LogP) is 4.98. The summed E-state index contributed by atoms with van der Waals surface area (Å²) in [6, 6.07) is 15.2. The van der Waals surface area contributed by atoms with Crippen molar-refractivity contribution in [3.63, 3.8) is 0 Å². The fourth-order valence-corrected chi connectivity index (χ4v) is 4.75. The number of rotatable bonds is 7. The molecule has 184 valence electrons. The number of nitrogens with one attached hydrogen (secondary N) is 1. The Kier molecular flexibility index (Phi) is 7.71. The fraction of sp³-hybridized carbons (Fsp3) is 0.130. The van der Waals surface area contributed by atoms with E-state index in [1.165, 1.54) is 55.6 Å². The second kappa shape index (κ2) is 10.4. The molecule has 0 radical (unpaired) electrons. The number of alkyl halides is 3. The van der Waals surface area contributed by atoms with Gasteiger partial charge in [-0.2, -0.15) is 13.2 Å². The van der Waals surface area contributed by atoms with Crippen molar-refractivity contribution in [3.8, 4) is 0 Å². The van der Waals surface area contributed by atoms with Gasteiger partial charge in [-0.3, -0.25) is 9.10 Å². The minimum Gasteiger partial charge on any atom is -0.465 e. The topological polar surface area (TPSA) is 92.8 Å². The average molecular weight is 527 g/mol. The summed E-state index contributed by atoms with van der Waals surface area (Å²) >= 11 is 5.68. The molecule has 0 saturated heterocycles. The molecular weight excluding hydrogens is 509 g/mol. The van der Waals surface area contributed by atoms with Crippen LogP contribution in [0.1, 0.15) is 15.9 Å². The maximum atomic E-state index is 13.4. The van der Waals surface area contributed by atoms with E-state index in [2.05, 4.69) is 10.1 Å². The van der Waals surface area contributed by atoms with Crippen LogP contribution in [0, 0.1) is 0 Å². The van der Waals surface area contributed by atoms with Gasteiger partial charge < -0.3 is 10.1 Å². The van der Waals surface area contributed by atoms with Gasteiger partial charge in [0.2, 0.25) is 5.91 Å². The number of benzene rings is 3. The van der Waals surface area contributed by atoms with E-state index in [4.69, 9.17) is 11.6 Å². The monoisotopic (exact) mass is 526 g/mol. The molecule has 7 nitrogen and oxygen atoms in total. The average Bonchev–Trinajstić information content (AvgIpc) is 2.82. The smallest absolute Gasteiger partial charge is 0.417 e. The van der Waals surface area contributed by atoms with Gasteiger partial charge in [0.15, 0.2) is 0 Å². The number of hydrogen-bond acceptors (Lipinski definition) is 5. The second-order valence-electron chi connectivity index (χ2n) is 7.11. The van der Waals surface area contributed by atoms with Gasteiger partial charge >= 0.3 is 12.1 Å². The number of sulfonamides is 1. The van der Waals surface area contributed by atoms with Crippen LogP contribution in [0.5, 0.6) is 0 Å². The SMILES string of the molecule is COC(=O)c1cccc(NC(=O)CN(c2ccc(Cl)c(C(F)(F)F)c2)S(=O)(=O)c2ccccc2)c1. The third-order valence-corrected chi connectivity index (χ3v) is 6.85. The van der Waals surface area contributed by atoms with E-state index in [1.807, 2.05) is 0 Å². The van der Waals surface area contributed by atoms with E-state index >= 15 is 0 Å². The largest absolute Gasteiger partial charge is 0.465 e. The van der Waals surface area contributed by atoms with E-state index in [1.54, 1.807) is 6.07 Å². The molecule has 1 N–H and O–H groups in total. The number of ether oxygens (including phenoxy) is 1. The lowest BCUT2D eigenvalue weighted by atomic mass is 10.2. The number of carbonyl (C=O) groups excluding carboxylic acids is 2. The molecule has 0 aromatic heterocycles. The molecular formula is C23H18ClF3N2O5S. The zero-order valence-corrected chi connectivity index (χ0v) is 19.6. The molecule has 12 heteroatoms. The number of halogens is 4. The van der Waals surface area contributed by atoms with Crippen molar-refractivity contribution in [2.24, 2.45) is 0 Å². The Morgan fingerprint density at radius 1 is 1.00 bits per heavy atom. The van der Waals surface area contributed by atoms with Crippen molar-refractivity contribution in [2.45, 2.75) is 11.1 Å². The van der Waals surface area contributed by atoms with Gasteiger partial charge in [-0.25, -0.2) is 13.2 Å². The Balaban J connectivity index is 2.00. The minimum absolute atomic E-state index is 0.131. The number of anilines is 2. The van der Waals surface area contributed by atoms with Crippen molar-refractivity contribution in [1.29, 1.82) is 0 Å². The van der Waals surface area contributed by atoms with Crippen LogP contribution in [0.4, 0.5) is 24.5 Å². The molecule has 3 rings (SSSR count). The number of methoxy groups -OCH3 is 1. The third-order valence-electron chi connectivity index (χ3n) is 4.73. The minimum atomic E-state index is -4.86. The maximum absolute atomic E-state index is 13.4. The van der Waals surface area contributed by atoms with Crippen molar-refractivity contribution in [2.75, 3.05) is 23.3 Å². The summed E-state index contributed by atoms with van der Waals surface area (Å²) in [6.45, 7) is -0.862. The lowest BCUT2D eigenvalue weighted by molar-refractivity contribution is -0.137. The third kappa shape index (κ3) is 6.11. The van der Waals surface area contributed by atoms with E-state index in [0.29, 0.717) is 10.4 Å². The molecule has 0 aliphatic carbocycles. The molecule has 0 fully saturated rings. The molecule has 0 spiro atoms. The first-order chi connectivity index (χ1) is 16.4. The molecule has 0 unspecified atom stereocenters. The summed E-state index contributed by atoms with van der Waals surface area (Å²) in [5.74, 6) is -1.52. The van der Waals surface area contributed by atoms with Gasteiger partial charge in [0.05, 0.1) is 33.8 Å². The first kappa shape index (κ1) is 26.0. The quantitative estimate of drug-likeness (QED) is 0.438. The van der Waals surface area contributed by atoms with E-state index < -0.39 is 50.9 Å². The van der Waals surface area contributed by atoms with Gasteiger partial charge in [0.25, 0.3) is 10.0 Å². The number of carbonyl (C=O) groups is 2. The molecule has 0 atom stereocenters. The Hall–Kier alpha value is -3.57. The molecule has 0 saturated carbocycles. The number of nitrogens with zero attached hydrogens (tertiary/aromatic N) is 1.